The smallest absolute Gasteiger partial charge is 0.0663 e. The van der Waals surface area contributed by atoms with Crippen molar-refractivity contribution >= 4 is 0 Å². The van der Waals surface area contributed by atoms with E-state index >= 15 is 0 Å². The van der Waals surface area contributed by atoms with Crippen molar-refractivity contribution in [2.45, 2.75) is 58.1 Å². The zero-order chi connectivity index (χ0) is 11.2. The Labute approximate surface area is 88.2 Å². The Hall–Kier alpha value is -0.120. The molecule has 0 amide bonds. The molecule has 0 spiro atoms. The Bertz CT molecular complexity index is 154. The summed E-state index contributed by atoms with van der Waals surface area (Å²) in [6.07, 6.45) is 2.79. The molecule has 0 saturated carbocycles. The van der Waals surface area contributed by atoms with Crippen molar-refractivity contribution in [2.75, 3.05) is 13.2 Å². The van der Waals surface area contributed by atoms with Crippen LogP contribution in [0.3, 0.4) is 0 Å². The molecule has 0 radical (unpaired) electrons. The molecular weight excluding hydrogens is 176 g/mol. The van der Waals surface area contributed by atoms with Gasteiger partial charge in [0, 0.05) is 12.1 Å². The summed E-state index contributed by atoms with van der Waals surface area (Å²) >= 11 is 0. The van der Waals surface area contributed by atoms with E-state index in [0.717, 1.165) is 19.3 Å². The van der Waals surface area contributed by atoms with Gasteiger partial charge >= 0.3 is 0 Å². The van der Waals surface area contributed by atoms with Crippen molar-refractivity contribution < 1.29 is 4.74 Å². The topological polar surface area (TPSA) is 61.3 Å². The first-order valence-corrected chi connectivity index (χ1v) is 5.46. The average molecular weight is 202 g/mol. The van der Waals surface area contributed by atoms with Gasteiger partial charge in [0.15, 0.2) is 0 Å². The third-order valence-electron chi connectivity index (χ3n) is 2.62. The molecule has 0 aliphatic rings. The maximum Gasteiger partial charge on any atom is 0.0663 e. The molecule has 4 N–H and O–H groups in total. The summed E-state index contributed by atoms with van der Waals surface area (Å²) in [5, 5.41) is 0. The van der Waals surface area contributed by atoms with E-state index in [1.807, 2.05) is 13.8 Å². The van der Waals surface area contributed by atoms with Gasteiger partial charge in [-0.15, -0.1) is 0 Å². The van der Waals surface area contributed by atoms with Gasteiger partial charge in [-0.05, 0) is 46.6 Å². The number of rotatable bonds is 7. The van der Waals surface area contributed by atoms with Crippen molar-refractivity contribution in [3.8, 4) is 0 Å². The van der Waals surface area contributed by atoms with Crippen LogP contribution < -0.4 is 11.5 Å². The second-order valence-corrected chi connectivity index (χ2v) is 4.93. The largest absolute Gasteiger partial charge is 0.375 e. The van der Waals surface area contributed by atoms with Gasteiger partial charge in [-0.25, -0.2) is 0 Å². The SMILES string of the molecule is CCC(C)(CCN)OCCC(C)(C)N. The number of nitrogens with two attached hydrogens (primary N) is 2. The van der Waals surface area contributed by atoms with Crippen molar-refractivity contribution in [3.63, 3.8) is 0 Å². The van der Waals surface area contributed by atoms with E-state index in [9.17, 15) is 0 Å². The van der Waals surface area contributed by atoms with E-state index in [0.29, 0.717) is 13.2 Å². The second kappa shape index (κ2) is 5.69. The Kier molecular flexibility index (Phi) is 5.64. The molecule has 0 aliphatic carbocycles. The fourth-order valence-electron chi connectivity index (χ4n) is 1.22. The molecule has 14 heavy (non-hydrogen) atoms. The predicted octanol–water partition coefficient (Wildman–Crippen LogP) is 1.65. The molecular formula is C11H26N2O. The highest BCUT2D eigenvalue weighted by atomic mass is 16.5. The van der Waals surface area contributed by atoms with Gasteiger partial charge in [0.2, 0.25) is 0 Å². The normalized spacial score (nSPS) is 16.7. The maximum atomic E-state index is 5.88. The molecule has 1 unspecified atom stereocenters. The van der Waals surface area contributed by atoms with Gasteiger partial charge in [-0.1, -0.05) is 6.92 Å². The first kappa shape index (κ1) is 13.9. The Morgan fingerprint density at radius 3 is 2.07 bits per heavy atom. The number of hydrogen-bond donors (Lipinski definition) is 2. The second-order valence-electron chi connectivity index (χ2n) is 4.93. The monoisotopic (exact) mass is 202 g/mol. The van der Waals surface area contributed by atoms with Crippen LogP contribution in [0.1, 0.15) is 47.0 Å². The van der Waals surface area contributed by atoms with Crippen LogP contribution in [-0.2, 0) is 4.74 Å². The summed E-state index contributed by atoms with van der Waals surface area (Å²) in [4.78, 5) is 0. The Morgan fingerprint density at radius 2 is 1.71 bits per heavy atom. The van der Waals surface area contributed by atoms with E-state index in [2.05, 4.69) is 13.8 Å². The van der Waals surface area contributed by atoms with Gasteiger partial charge in [-0.3, -0.25) is 0 Å². The number of hydrogen-bond acceptors (Lipinski definition) is 3. The summed E-state index contributed by atoms with van der Waals surface area (Å²) in [5.74, 6) is 0. The summed E-state index contributed by atoms with van der Waals surface area (Å²) in [7, 11) is 0. The standard InChI is InChI=1S/C11H26N2O/c1-5-11(4,6-8-12)14-9-7-10(2,3)13/h5-9,12-13H2,1-4H3. The third-order valence-corrected chi connectivity index (χ3v) is 2.62. The van der Waals surface area contributed by atoms with Crippen LogP contribution in [0.5, 0.6) is 0 Å². The first-order chi connectivity index (χ1) is 6.33. The van der Waals surface area contributed by atoms with Crippen LogP contribution in [0.2, 0.25) is 0 Å². The highest BCUT2D eigenvalue weighted by molar-refractivity contribution is 4.76. The molecule has 0 bridgehead atoms. The minimum Gasteiger partial charge on any atom is -0.375 e. The van der Waals surface area contributed by atoms with Gasteiger partial charge in [0.25, 0.3) is 0 Å². The van der Waals surface area contributed by atoms with Crippen molar-refractivity contribution in [3.05, 3.63) is 0 Å². The third kappa shape index (κ3) is 6.35. The highest BCUT2D eigenvalue weighted by Crippen LogP contribution is 2.20. The van der Waals surface area contributed by atoms with Crippen LogP contribution in [0.4, 0.5) is 0 Å². The summed E-state index contributed by atoms with van der Waals surface area (Å²) in [6.45, 7) is 9.67. The van der Waals surface area contributed by atoms with Crippen LogP contribution in [0.25, 0.3) is 0 Å². The zero-order valence-electron chi connectivity index (χ0n) is 10.1. The lowest BCUT2D eigenvalue weighted by atomic mass is 9.98. The lowest BCUT2D eigenvalue weighted by Crippen LogP contribution is -2.37. The van der Waals surface area contributed by atoms with E-state index in [4.69, 9.17) is 16.2 Å². The quantitative estimate of drug-likeness (QED) is 0.660. The van der Waals surface area contributed by atoms with E-state index < -0.39 is 0 Å². The van der Waals surface area contributed by atoms with E-state index in [-0.39, 0.29) is 11.1 Å². The Morgan fingerprint density at radius 1 is 1.14 bits per heavy atom. The highest BCUT2D eigenvalue weighted by Gasteiger charge is 2.22. The predicted molar refractivity (Wildman–Crippen MR) is 61.2 cm³/mol. The van der Waals surface area contributed by atoms with E-state index in [1.54, 1.807) is 0 Å². The van der Waals surface area contributed by atoms with Crippen molar-refractivity contribution in [2.24, 2.45) is 11.5 Å². The molecule has 3 heteroatoms. The molecule has 0 aromatic rings. The lowest BCUT2D eigenvalue weighted by Gasteiger charge is -2.30. The average Bonchev–Trinajstić information content (AvgIpc) is 2.02. The molecule has 86 valence electrons. The molecule has 0 saturated heterocycles. The van der Waals surface area contributed by atoms with Gasteiger partial charge in [0.1, 0.15) is 0 Å². The Balaban J connectivity index is 3.84. The molecule has 0 aliphatic heterocycles. The molecule has 3 nitrogen and oxygen atoms in total. The van der Waals surface area contributed by atoms with Crippen molar-refractivity contribution in [1.29, 1.82) is 0 Å². The molecule has 0 aromatic heterocycles. The van der Waals surface area contributed by atoms with Crippen LogP contribution in [0.15, 0.2) is 0 Å². The minimum atomic E-state index is -0.142. The van der Waals surface area contributed by atoms with Crippen LogP contribution >= 0.6 is 0 Å². The minimum absolute atomic E-state index is 0.0694. The maximum absolute atomic E-state index is 5.88. The number of ether oxygens (including phenoxy) is 1. The molecule has 1 atom stereocenters. The molecule has 0 heterocycles. The molecule has 0 rings (SSSR count). The lowest BCUT2D eigenvalue weighted by molar-refractivity contribution is -0.0437. The van der Waals surface area contributed by atoms with Crippen LogP contribution in [-0.4, -0.2) is 24.3 Å². The summed E-state index contributed by atoms with van der Waals surface area (Å²) < 4.78 is 5.84. The molecule has 0 aromatic carbocycles. The van der Waals surface area contributed by atoms with Gasteiger partial charge < -0.3 is 16.2 Å². The zero-order valence-corrected chi connectivity index (χ0v) is 10.1. The fourth-order valence-corrected chi connectivity index (χ4v) is 1.22. The van der Waals surface area contributed by atoms with Crippen LogP contribution in [0, 0.1) is 0 Å². The van der Waals surface area contributed by atoms with E-state index in [1.165, 1.54) is 0 Å². The van der Waals surface area contributed by atoms with Gasteiger partial charge in [-0.2, -0.15) is 0 Å². The van der Waals surface area contributed by atoms with Gasteiger partial charge in [0.05, 0.1) is 5.60 Å². The van der Waals surface area contributed by atoms with Crippen molar-refractivity contribution in [1.82, 2.24) is 0 Å². The summed E-state index contributed by atoms with van der Waals surface area (Å²) in [6, 6.07) is 0. The first-order valence-electron chi connectivity index (χ1n) is 5.46. The summed E-state index contributed by atoms with van der Waals surface area (Å²) in [5.41, 5.74) is 11.2. The molecule has 0 fully saturated rings. The fraction of sp³-hybridized carbons (Fsp3) is 1.00.